The quantitative estimate of drug-likeness (QED) is 0.479. The number of aliphatic imine (C=N–C) groups is 1. The number of rotatable bonds is 8. The van der Waals surface area contributed by atoms with Crippen LogP contribution in [0.1, 0.15) is 13.8 Å². The molecule has 0 N–H and O–H groups in total. The van der Waals surface area contributed by atoms with Gasteiger partial charge in [0.2, 0.25) is 0 Å². The van der Waals surface area contributed by atoms with Crippen molar-refractivity contribution in [3.8, 4) is 0 Å². The van der Waals surface area contributed by atoms with Gasteiger partial charge in [-0.05, 0) is 20.6 Å². The Balaban J connectivity index is 2.23. The fraction of sp³-hybridized carbons (Fsp3) is 0.583. The van der Waals surface area contributed by atoms with E-state index in [1.54, 1.807) is 12.5 Å². The number of hydrogen-bond acceptors (Lipinski definition) is 5. The highest BCUT2D eigenvalue weighted by atomic mass is 16.5. The molecular weight excluding hydrogens is 220 g/mol. The Kier molecular flexibility index (Phi) is 6.35. The first-order valence-corrected chi connectivity index (χ1v) is 5.63. The molecule has 0 amide bonds. The van der Waals surface area contributed by atoms with E-state index in [0.29, 0.717) is 26.6 Å². The summed E-state index contributed by atoms with van der Waals surface area (Å²) < 4.78 is 16.0. The molecule has 96 valence electrons. The van der Waals surface area contributed by atoms with Crippen molar-refractivity contribution in [1.82, 2.24) is 4.90 Å². The SMILES string of the molecule is C=N/C=C(/COCCOC(C)C)N1C=COC1. The second kappa shape index (κ2) is 7.86. The molecule has 0 aromatic heterocycles. The van der Waals surface area contributed by atoms with Crippen molar-refractivity contribution < 1.29 is 14.2 Å². The van der Waals surface area contributed by atoms with Gasteiger partial charge >= 0.3 is 0 Å². The lowest BCUT2D eigenvalue weighted by atomic mass is 10.4. The molecule has 0 bridgehead atoms. The monoisotopic (exact) mass is 240 g/mol. The molecule has 0 atom stereocenters. The molecule has 17 heavy (non-hydrogen) atoms. The van der Waals surface area contributed by atoms with Gasteiger partial charge in [0.15, 0.2) is 6.73 Å². The van der Waals surface area contributed by atoms with Crippen LogP contribution in [0.2, 0.25) is 0 Å². The molecule has 5 heteroatoms. The van der Waals surface area contributed by atoms with Gasteiger partial charge in [-0.2, -0.15) is 0 Å². The average Bonchev–Trinajstić information content (AvgIpc) is 2.80. The minimum absolute atomic E-state index is 0.235. The maximum atomic E-state index is 5.50. The van der Waals surface area contributed by atoms with E-state index in [1.807, 2.05) is 24.9 Å². The molecule has 0 radical (unpaired) electrons. The van der Waals surface area contributed by atoms with Crippen LogP contribution in [0.25, 0.3) is 0 Å². The van der Waals surface area contributed by atoms with Crippen LogP contribution < -0.4 is 0 Å². The van der Waals surface area contributed by atoms with Crippen molar-refractivity contribution in [1.29, 1.82) is 0 Å². The second-order valence-corrected chi connectivity index (χ2v) is 3.83. The molecule has 0 saturated heterocycles. The minimum Gasteiger partial charge on any atom is -0.479 e. The van der Waals surface area contributed by atoms with Crippen LogP contribution >= 0.6 is 0 Å². The zero-order valence-corrected chi connectivity index (χ0v) is 10.5. The molecule has 1 aliphatic heterocycles. The van der Waals surface area contributed by atoms with Crippen LogP contribution in [0.5, 0.6) is 0 Å². The first-order chi connectivity index (χ1) is 8.24. The maximum Gasteiger partial charge on any atom is 0.164 e. The topological polar surface area (TPSA) is 43.3 Å². The summed E-state index contributed by atoms with van der Waals surface area (Å²) in [7, 11) is 0. The van der Waals surface area contributed by atoms with Gasteiger partial charge in [-0.25, -0.2) is 0 Å². The molecule has 0 aromatic rings. The lowest BCUT2D eigenvalue weighted by Crippen LogP contribution is -2.20. The average molecular weight is 240 g/mol. The standard InChI is InChI=1S/C12H20N2O3/c1-11(2)17-7-6-15-9-12(8-13-3)14-4-5-16-10-14/h4-5,8,11H,3,6-7,9-10H2,1-2H3/b12-8-. The Labute approximate surface area is 102 Å². The number of nitrogens with zero attached hydrogens (tertiary/aromatic N) is 2. The van der Waals surface area contributed by atoms with Gasteiger partial charge in [-0.15, -0.1) is 0 Å². The van der Waals surface area contributed by atoms with Gasteiger partial charge in [0.25, 0.3) is 0 Å². The van der Waals surface area contributed by atoms with E-state index in [1.165, 1.54) is 0 Å². The molecule has 0 aromatic carbocycles. The van der Waals surface area contributed by atoms with Crippen LogP contribution in [0.15, 0.2) is 29.4 Å². The van der Waals surface area contributed by atoms with Crippen LogP contribution in [-0.4, -0.2) is 44.3 Å². The zero-order chi connectivity index (χ0) is 12.5. The summed E-state index contributed by atoms with van der Waals surface area (Å²) in [5.74, 6) is 0. The summed E-state index contributed by atoms with van der Waals surface area (Å²) in [5, 5.41) is 0. The van der Waals surface area contributed by atoms with Gasteiger partial charge in [0.05, 0.1) is 31.6 Å². The zero-order valence-electron chi connectivity index (χ0n) is 10.5. The summed E-state index contributed by atoms with van der Waals surface area (Å²) in [5.41, 5.74) is 0.915. The van der Waals surface area contributed by atoms with Crippen LogP contribution in [-0.2, 0) is 14.2 Å². The van der Waals surface area contributed by atoms with E-state index in [2.05, 4.69) is 11.7 Å². The molecule has 0 aliphatic carbocycles. The lowest BCUT2D eigenvalue weighted by molar-refractivity contribution is 0.0213. The van der Waals surface area contributed by atoms with Crippen LogP contribution in [0, 0.1) is 0 Å². The van der Waals surface area contributed by atoms with Crippen LogP contribution in [0.4, 0.5) is 0 Å². The van der Waals surface area contributed by atoms with E-state index in [0.717, 1.165) is 5.70 Å². The molecule has 0 fully saturated rings. The van der Waals surface area contributed by atoms with E-state index >= 15 is 0 Å². The fourth-order valence-electron chi connectivity index (χ4n) is 1.28. The predicted molar refractivity (Wildman–Crippen MR) is 66.5 cm³/mol. The number of hydrogen-bond donors (Lipinski definition) is 0. The van der Waals surface area contributed by atoms with Gasteiger partial charge < -0.3 is 19.1 Å². The Hall–Kier alpha value is -1.33. The third-order valence-corrected chi connectivity index (χ3v) is 2.09. The Morgan fingerprint density at radius 1 is 1.59 bits per heavy atom. The molecule has 0 saturated carbocycles. The first-order valence-electron chi connectivity index (χ1n) is 5.63. The lowest BCUT2D eigenvalue weighted by Gasteiger charge is -2.17. The highest BCUT2D eigenvalue weighted by Gasteiger charge is 2.10. The van der Waals surface area contributed by atoms with E-state index in [9.17, 15) is 0 Å². The van der Waals surface area contributed by atoms with E-state index < -0.39 is 0 Å². The molecular formula is C12H20N2O3. The fourth-order valence-corrected chi connectivity index (χ4v) is 1.28. The molecule has 1 heterocycles. The summed E-state index contributed by atoms with van der Waals surface area (Å²) in [6.45, 7) is 9.56. The smallest absolute Gasteiger partial charge is 0.164 e. The van der Waals surface area contributed by atoms with Gasteiger partial charge in [0.1, 0.15) is 6.26 Å². The third-order valence-electron chi connectivity index (χ3n) is 2.09. The Morgan fingerprint density at radius 2 is 2.41 bits per heavy atom. The molecule has 0 unspecified atom stereocenters. The van der Waals surface area contributed by atoms with E-state index in [-0.39, 0.29) is 6.10 Å². The molecule has 1 rings (SSSR count). The van der Waals surface area contributed by atoms with Crippen molar-refractivity contribution in [3.63, 3.8) is 0 Å². The van der Waals surface area contributed by atoms with Crippen molar-refractivity contribution in [2.24, 2.45) is 4.99 Å². The van der Waals surface area contributed by atoms with Gasteiger partial charge in [-0.1, -0.05) is 0 Å². The Morgan fingerprint density at radius 3 is 3.00 bits per heavy atom. The van der Waals surface area contributed by atoms with Crippen molar-refractivity contribution in [2.75, 3.05) is 26.6 Å². The summed E-state index contributed by atoms with van der Waals surface area (Å²) >= 11 is 0. The van der Waals surface area contributed by atoms with Gasteiger partial charge in [-0.3, -0.25) is 4.99 Å². The highest BCUT2D eigenvalue weighted by Crippen LogP contribution is 2.11. The number of ether oxygens (including phenoxy) is 3. The van der Waals surface area contributed by atoms with Gasteiger partial charge in [0, 0.05) is 12.4 Å². The third kappa shape index (κ3) is 5.51. The molecule has 0 spiro atoms. The normalized spacial score (nSPS) is 15.5. The van der Waals surface area contributed by atoms with Crippen LogP contribution in [0.3, 0.4) is 0 Å². The highest BCUT2D eigenvalue weighted by molar-refractivity contribution is 5.26. The predicted octanol–water partition coefficient (Wildman–Crippen LogP) is 1.73. The van der Waals surface area contributed by atoms with Crippen molar-refractivity contribution >= 4 is 6.72 Å². The molecule has 5 nitrogen and oxygen atoms in total. The Bertz CT molecular complexity index is 287. The van der Waals surface area contributed by atoms with Crippen molar-refractivity contribution in [3.05, 3.63) is 24.4 Å². The van der Waals surface area contributed by atoms with Crippen molar-refractivity contribution in [2.45, 2.75) is 20.0 Å². The maximum absolute atomic E-state index is 5.50. The summed E-state index contributed by atoms with van der Waals surface area (Å²) in [6.07, 6.45) is 5.38. The summed E-state index contributed by atoms with van der Waals surface area (Å²) in [4.78, 5) is 5.67. The second-order valence-electron chi connectivity index (χ2n) is 3.83. The van der Waals surface area contributed by atoms with E-state index in [4.69, 9.17) is 14.2 Å². The summed E-state index contributed by atoms with van der Waals surface area (Å²) in [6, 6.07) is 0. The largest absolute Gasteiger partial charge is 0.479 e. The minimum atomic E-state index is 0.235. The first kappa shape index (κ1) is 13.7. The molecule has 1 aliphatic rings.